The van der Waals surface area contributed by atoms with Crippen molar-refractivity contribution >= 4 is 35.1 Å². The first-order valence-electron chi connectivity index (χ1n) is 7.18. The predicted molar refractivity (Wildman–Crippen MR) is 86.7 cm³/mol. The number of nitrogens with one attached hydrogen (secondary N) is 2. The van der Waals surface area contributed by atoms with Gasteiger partial charge in [0.25, 0.3) is 11.8 Å². The van der Waals surface area contributed by atoms with E-state index in [4.69, 9.17) is 20.8 Å². The second kappa shape index (κ2) is 8.84. The summed E-state index contributed by atoms with van der Waals surface area (Å²) < 4.78 is 23.1. The molecule has 0 saturated heterocycles. The third-order valence-corrected chi connectivity index (χ3v) is 3.16. The monoisotopic (exact) mass is 368 g/mol. The number of carbonyl (C=O) groups is 3. The minimum atomic E-state index is -0.714. The fourth-order valence-electron chi connectivity index (χ4n) is 1.77. The number of esters is 1. The van der Waals surface area contributed by atoms with Crippen LogP contribution in [0.1, 0.15) is 17.0 Å². The van der Waals surface area contributed by atoms with Gasteiger partial charge >= 0.3 is 5.97 Å². The van der Waals surface area contributed by atoms with Gasteiger partial charge in [0.15, 0.2) is 12.4 Å². The topological polar surface area (TPSA) is 97.6 Å². The molecule has 0 spiro atoms. The van der Waals surface area contributed by atoms with Crippen LogP contribution in [0.4, 0.5) is 10.1 Å². The Hall–Kier alpha value is -2.87. The summed E-state index contributed by atoms with van der Waals surface area (Å²) in [5, 5.41) is 4.95. The van der Waals surface area contributed by atoms with Gasteiger partial charge in [0, 0.05) is 11.6 Å². The molecule has 7 nitrogen and oxygen atoms in total. The van der Waals surface area contributed by atoms with Gasteiger partial charge in [-0.3, -0.25) is 14.4 Å². The molecule has 0 bridgehead atoms. The maximum absolute atomic E-state index is 13.5. The normalized spacial score (nSPS) is 10.2. The van der Waals surface area contributed by atoms with Crippen LogP contribution in [0.25, 0.3) is 0 Å². The summed E-state index contributed by atoms with van der Waals surface area (Å²) in [6.07, 6.45) is 1.22. The summed E-state index contributed by atoms with van der Waals surface area (Å²) in [4.78, 5) is 34.7. The molecular formula is C16H14ClFN2O5. The fraction of sp³-hybridized carbons (Fsp3) is 0.188. The maximum atomic E-state index is 13.5. The van der Waals surface area contributed by atoms with Crippen molar-refractivity contribution in [2.24, 2.45) is 0 Å². The average Bonchev–Trinajstić information content (AvgIpc) is 3.11. The molecule has 1 aromatic carbocycles. The van der Waals surface area contributed by atoms with E-state index in [0.717, 1.165) is 6.07 Å². The molecule has 1 aromatic heterocycles. The number of hydrogen-bond donors (Lipinski definition) is 2. The van der Waals surface area contributed by atoms with E-state index in [1.807, 2.05) is 0 Å². The van der Waals surface area contributed by atoms with E-state index >= 15 is 0 Å². The van der Waals surface area contributed by atoms with Gasteiger partial charge in [-0.2, -0.15) is 0 Å². The van der Waals surface area contributed by atoms with Crippen LogP contribution < -0.4 is 10.6 Å². The molecule has 2 rings (SSSR count). The van der Waals surface area contributed by atoms with Crippen molar-refractivity contribution in [2.75, 3.05) is 18.5 Å². The maximum Gasteiger partial charge on any atom is 0.308 e. The highest BCUT2D eigenvalue weighted by Crippen LogP contribution is 2.19. The van der Waals surface area contributed by atoms with Crippen LogP contribution in [0.3, 0.4) is 0 Å². The minimum Gasteiger partial charge on any atom is -0.459 e. The summed E-state index contributed by atoms with van der Waals surface area (Å²) in [5.74, 6) is -2.41. The number of halogens is 2. The van der Waals surface area contributed by atoms with Gasteiger partial charge in [0.05, 0.1) is 18.4 Å². The van der Waals surface area contributed by atoms with Crippen molar-refractivity contribution < 1.29 is 27.9 Å². The van der Waals surface area contributed by atoms with Crippen molar-refractivity contribution in [2.45, 2.75) is 6.42 Å². The Morgan fingerprint density at radius 1 is 1.24 bits per heavy atom. The first kappa shape index (κ1) is 18.5. The molecule has 0 radical (unpaired) electrons. The Bertz CT molecular complexity index is 764. The highest BCUT2D eigenvalue weighted by molar-refractivity contribution is 6.30. The second-order valence-electron chi connectivity index (χ2n) is 4.82. The van der Waals surface area contributed by atoms with E-state index in [1.165, 1.54) is 24.5 Å². The van der Waals surface area contributed by atoms with Crippen molar-refractivity contribution in [1.29, 1.82) is 0 Å². The van der Waals surface area contributed by atoms with Crippen LogP contribution in [-0.2, 0) is 14.3 Å². The summed E-state index contributed by atoms with van der Waals surface area (Å²) in [5.41, 5.74) is -0.112. The van der Waals surface area contributed by atoms with Crippen LogP contribution in [0, 0.1) is 5.82 Å². The van der Waals surface area contributed by atoms with E-state index in [9.17, 15) is 18.8 Å². The van der Waals surface area contributed by atoms with Gasteiger partial charge < -0.3 is 19.8 Å². The number of furan rings is 1. The van der Waals surface area contributed by atoms with Crippen molar-refractivity contribution in [3.63, 3.8) is 0 Å². The molecule has 0 aliphatic carbocycles. The van der Waals surface area contributed by atoms with Gasteiger partial charge in [-0.1, -0.05) is 11.6 Å². The van der Waals surface area contributed by atoms with Gasteiger partial charge in [0.1, 0.15) is 5.82 Å². The Morgan fingerprint density at radius 2 is 2.04 bits per heavy atom. The fourth-order valence-corrected chi connectivity index (χ4v) is 1.94. The van der Waals surface area contributed by atoms with Gasteiger partial charge in [-0.25, -0.2) is 4.39 Å². The Labute approximate surface area is 147 Å². The quantitative estimate of drug-likeness (QED) is 0.731. The molecule has 0 aliphatic heterocycles. The molecule has 0 aliphatic rings. The number of benzene rings is 1. The second-order valence-corrected chi connectivity index (χ2v) is 5.25. The number of carbonyl (C=O) groups excluding carboxylic acids is 3. The van der Waals surface area contributed by atoms with E-state index in [-0.39, 0.29) is 29.4 Å². The van der Waals surface area contributed by atoms with E-state index in [1.54, 1.807) is 6.07 Å². The van der Waals surface area contributed by atoms with Crippen molar-refractivity contribution in [3.05, 3.63) is 53.2 Å². The Balaban J connectivity index is 1.68. The van der Waals surface area contributed by atoms with E-state index in [2.05, 4.69) is 10.6 Å². The zero-order valence-electron chi connectivity index (χ0n) is 12.9. The summed E-state index contributed by atoms with van der Waals surface area (Å²) >= 11 is 5.70. The first-order chi connectivity index (χ1) is 12.0. The molecule has 0 saturated carbocycles. The van der Waals surface area contributed by atoms with E-state index in [0.29, 0.717) is 0 Å². The van der Waals surface area contributed by atoms with Crippen LogP contribution in [0.2, 0.25) is 5.02 Å². The molecular weight excluding hydrogens is 355 g/mol. The molecule has 9 heteroatoms. The van der Waals surface area contributed by atoms with Crippen LogP contribution in [0.5, 0.6) is 0 Å². The lowest BCUT2D eigenvalue weighted by molar-refractivity contribution is -0.147. The SMILES string of the molecule is O=C(COC(=O)CCNC(=O)c1ccco1)Nc1cc(Cl)ccc1F. The van der Waals surface area contributed by atoms with Crippen LogP contribution in [0.15, 0.2) is 41.0 Å². The molecule has 2 amide bonds. The zero-order valence-corrected chi connectivity index (χ0v) is 13.6. The summed E-state index contributed by atoms with van der Waals surface area (Å²) in [6, 6.07) is 6.72. The lowest BCUT2D eigenvalue weighted by atomic mass is 10.3. The molecule has 0 fully saturated rings. The minimum absolute atomic E-state index is 0.0168. The summed E-state index contributed by atoms with van der Waals surface area (Å²) in [6.45, 7) is -0.570. The lowest BCUT2D eigenvalue weighted by Crippen LogP contribution is -2.27. The molecule has 1 heterocycles. The first-order valence-corrected chi connectivity index (χ1v) is 7.55. The number of anilines is 1. The molecule has 0 unspecified atom stereocenters. The van der Waals surface area contributed by atoms with Gasteiger partial charge in [-0.15, -0.1) is 0 Å². The Kier molecular flexibility index (Phi) is 6.53. The number of amides is 2. The number of ether oxygens (including phenoxy) is 1. The molecule has 132 valence electrons. The zero-order chi connectivity index (χ0) is 18.2. The third kappa shape index (κ3) is 5.92. The summed E-state index contributed by atoms with van der Waals surface area (Å²) in [7, 11) is 0. The Morgan fingerprint density at radius 3 is 2.76 bits per heavy atom. The van der Waals surface area contributed by atoms with Crippen molar-refractivity contribution in [3.8, 4) is 0 Å². The molecule has 2 aromatic rings. The molecule has 2 N–H and O–H groups in total. The smallest absolute Gasteiger partial charge is 0.308 e. The molecule has 25 heavy (non-hydrogen) atoms. The lowest BCUT2D eigenvalue weighted by Gasteiger charge is -2.08. The highest BCUT2D eigenvalue weighted by Gasteiger charge is 2.12. The molecule has 0 atom stereocenters. The largest absolute Gasteiger partial charge is 0.459 e. The van der Waals surface area contributed by atoms with Gasteiger partial charge in [0.2, 0.25) is 0 Å². The van der Waals surface area contributed by atoms with Gasteiger partial charge in [-0.05, 0) is 30.3 Å². The highest BCUT2D eigenvalue weighted by atomic mass is 35.5. The predicted octanol–water partition coefficient (Wildman–Crippen LogP) is 2.37. The van der Waals surface area contributed by atoms with Crippen LogP contribution in [-0.4, -0.2) is 30.9 Å². The number of rotatable bonds is 7. The number of hydrogen-bond acceptors (Lipinski definition) is 5. The van der Waals surface area contributed by atoms with Crippen LogP contribution >= 0.6 is 11.6 Å². The third-order valence-electron chi connectivity index (χ3n) is 2.93. The van der Waals surface area contributed by atoms with Crippen molar-refractivity contribution in [1.82, 2.24) is 5.32 Å². The standard InChI is InChI=1S/C16H14ClFN2O5/c17-10-3-4-11(18)12(8-10)20-14(21)9-25-15(22)5-6-19-16(23)13-2-1-7-24-13/h1-4,7-8H,5-6,9H2,(H,19,23)(H,20,21). The van der Waals surface area contributed by atoms with E-state index < -0.39 is 30.2 Å². The average molecular weight is 369 g/mol.